The lowest BCUT2D eigenvalue weighted by Gasteiger charge is -2.37. The van der Waals surface area contributed by atoms with Gasteiger partial charge in [0.1, 0.15) is 0 Å². The fourth-order valence-electron chi connectivity index (χ4n) is 2.19. The van der Waals surface area contributed by atoms with Gasteiger partial charge in [-0.3, -0.25) is 0 Å². The predicted molar refractivity (Wildman–Crippen MR) is 70.3 cm³/mol. The summed E-state index contributed by atoms with van der Waals surface area (Å²) < 4.78 is 0. The van der Waals surface area contributed by atoms with Crippen LogP contribution in [0.5, 0.6) is 0 Å². The van der Waals surface area contributed by atoms with E-state index in [0.29, 0.717) is 0 Å². The molecule has 1 N–H and O–H groups in total. The van der Waals surface area contributed by atoms with Gasteiger partial charge in [0.05, 0.1) is 0 Å². The molecule has 0 saturated heterocycles. The van der Waals surface area contributed by atoms with E-state index in [0.717, 1.165) is 24.7 Å². The molecule has 0 aliphatic carbocycles. The van der Waals surface area contributed by atoms with Crippen LogP contribution >= 0.6 is 11.6 Å². The topological polar surface area (TPSA) is 15.3 Å². The van der Waals surface area contributed by atoms with E-state index >= 15 is 0 Å². The molecule has 1 aromatic rings. The summed E-state index contributed by atoms with van der Waals surface area (Å²) in [7, 11) is 0. The summed E-state index contributed by atoms with van der Waals surface area (Å²) in [6, 6.07) is 6.17. The van der Waals surface area contributed by atoms with Crippen molar-refractivity contribution in [2.45, 2.75) is 32.9 Å². The quantitative estimate of drug-likeness (QED) is 0.748. The number of nitrogens with one attached hydrogen (secondary N) is 1. The van der Waals surface area contributed by atoms with Crippen LogP contribution in [0.15, 0.2) is 18.2 Å². The Labute approximate surface area is 103 Å². The zero-order valence-corrected chi connectivity index (χ0v) is 10.9. The monoisotopic (exact) mass is 238 g/mol. The highest BCUT2D eigenvalue weighted by molar-refractivity contribution is 6.30. The van der Waals surface area contributed by atoms with E-state index in [9.17, 15) is 0 Å². The van der Waals surface area contributed by atoms with E-state index in [4.69, 9.17) is 11.6 Å². The first-order valence-electron chi connectivity index (χ1n) is 5.75. The van der Waals surface area contributed by atoms with Crippen molar-refractivity contribution in [3.05, 3.63) is 28.8 Å². The van der Waals surface area contributed by atoms with Crippen molar-refractivity contribution in [2.75, 3.05) is 18.0 Å². The minimum atomic E-state index is 0.147. The van der Waals surface area contributed by atoms with Gasteiger partial charge in [0, 0.05) is 35.9 Å². The maximum Gasteiger partial charge on any atom is 0.0417 e. The average molecular weight is 239 g/mol. The van der Waals surface area contributed by atoms with Gasteiger partial charge in [-0.1, -0.05) is 11.6 Å². The standard InChI is InChI=1S/C13H19ClN2/c1-13(2,3)16-7-6-15-9-10-8-11(14)4-5-12(10)16/h4-5,8,15H,6-7,9H2,1-3H3. The van der Waals surface area contributed by atoms with Gasteiger partial charge in [0.15, 0.2) is 0 Å². The molecule has 0 radical (unpaired) electrons. The first kappa shape index (κ1) is 11.7. The Morgan fingerprint density at radius 1 is 1.31 bits per heavy atom. The Hall–Kier alpha value is -0.730. The molecule has 1 aromatic carbocycles. The van der Waals surface area contributed by atoms with Gasteiger partial charge in [-0.15, -0.1) is 0 Å². The first-order chi connectivity index (χ1) is 7.48. The lowest BCUT2D eigenvalue weighted by atomic mass is 10.0. The number of rotatable bonds is 0. The second kappa shape index (κ2) is 4.27. The van der Waals surface area contributed by atoms with Crippen LogP contribution in [0.25, 0.3) is 0 Å². The SMILES string of the molecule is CC(C)(C)N1CCNCc2cc(Cl)ccc21. The summed E-state index contributed by atoms with van der Waals surface area (Å²) in [5.74, 6) is 0. The summed E-state index contributed by atoms with van der Waals surface area (Å²) in [6.45, 7) is 9.70. The van der Waals surface area contributed by atoms with Crippen molar-refractivity contribution in [3.63, 3.8) is 0 Å². The Balaban J connectivity index is 2.45. The van der Waals surface area contributed by atoms with Gasteiger partial charge in [-0.25, -0.2) is 0 Å². The van der Waals surface area contributed by atoms with Crippen molar-refractivity contribution in [1.29, 1.82) is 0 Å². The van der Waals surface area contributed by atoms with Crippen molar-refractivity contribution < 1.29 is 0 Å². The third-order valence-corrected chi connectivity index (χ3v) is 3.20. The zero-order valence-electron chi connectivity index (χ0n) is 10.2. The number of hydrogen-bond donors (Lipinski definition) is 1. The lowest BCUT2D eigenvalue weighted by Crippen LogP contribution is -2.43. The number of hydrogen-bond acceptors (Lipinski definition) is 2. The molecule has 3 heteroatoms. The molecule has 0 saturated carbocycles. The number of benzene rings is 1. The highest BCUT2D eigenvalue weighted by atomic mass is 35.5. The van der Waals surface area contributed by atoms with Gasteiger partial charge < -0.3 is 10.2 Å². The minimum Gasteiger partial charge on any atom is -0.365 e. The molecular weight excluding hydrogens is 220 g/mol. The van der Waals surface area contributed by atoms with E-state index < -0.39 is 0 Å². The van der Waals surface area contributed by atoms with E-state index in [1.165, 1.54) is 11.3 Å². The number of anilines is 1. The fourth-order valence-corrected chi connectivity index (χ4v) is 2.38. The number of nitrogens with zero attached hydrogens (tertiary/aromatic N) is 1. The molecule has 0 bridgehead atoms. The molecule has 0 fully saturated rings. The van der Waals surface area contributed by atoms with Gasteiger partial charge in [-0.05, 0) is 44.5 Å². The number of halogens is 1. The highest BCUT2D eigenvalue weighted by Gasteiger charge is 2.24. The van der Waals surface area contributed by atoms with Crippen LogP contribution in [0, 0.1) is 0 Å². The molecule has 0 spiro atoms. The minimum absolute atomic E-state index is 0.147. The van der Waals surface area contributed by atoms with Gasteiger partial charge in [0.25, 0.3) is 0 Å². The van der Waals surface area contributed by atoms with E-state index in [-0.39, 0.29) is 5.54 Å². The van der Waals surface area contributed by atoms with Crippen LogP contribution in [0.1, 0.15) is 26.3 Å². The first-order valence-corrected chi connectivity index (χ1v) is 6.13. The van der Waals surface area contributed by atoms with Gasteiger partial charge >= 0.3 is 0 Å². The lowest BCUT2D eigenvalue weighted by molar-refractivity contribution is 0.502. The zero-order chi connectivity index (χ0) is 11.8. The molecule has 0 aromatic heterocycles. The van der Waals surface area contributed by atoms with Crippen LogP contribution in [-0.4, -0.2) is 18.6 Å². The second-order valence-electron chi connectivity index (χ2n) is 5.27. The normalized spacial score (nSPS) is 16.9. The molecule has 1 aliphatic rings. The summed E-state index contributed by atoms with van der Waals surface area (Å²) in [5.41, 5.74) is 2.75. The largest absolute Gasteiger partial charge is 0.365 e. The molecule has 88 valence electrons. The van der Waals surface area contributed by atoms with Gasteiger partial charge in [-0.2, -0.15) is 0 Å². The van der Waals surface area contributed by atoms with Crippen molar-refractivity contribution in [1.82, 2.24) is 5.32 Å². The Morgan fingerprint density at radius 3 is 2.75 bits per heavy atom. The van der Waals surface area contributed by atoms with Crippen molar-refractivity contribution in [2.24, 2.45) is 0 Å². The third kappa shape index (κ3) is 2.33. The van der Waals surface area contributed by atoms with Crippen molar-refractivity contribution >= 4 is 17.3 Å². The van der Waals surface area contributed by atoms with E-state index in [1.54, 1.807) is 0 Å². The smallest absolute Gasteiger partial charge is 0.0417 e. The molecule has 0 unspecified atom stereocenters. The van der Waals surface area contributed by atoms with Crippen LogP contribution in [-0.2, 0) is 6.54 Å². The number of fused-ring (bicyclic) bond motifs is 1. The van der Waals surface area contributed by atoms with E-state index in [2.05, 4.69) is 43.1 Å². The molecular formula is C13H19ClN2. The fraction of sp³-hybridized carbons (Fsp3) is 0.538. The predicted octanol–water partition coefficient (Wildman–Crippen LogP) is 3.05. The summed E-state index contributed by atoms with van der Waals surface area (Å²) >= 11 is 6.05. The van der Waals surface area contributed by atoms with Crippen LogP contribution in [0.4, 0.5) is 5.69 Å². The Kier molecular flexibility index (Phi) is 3.13. The van der Waals surface area contributed by atoms with Crippen LogP contribution in [0.3, 0.4) is 0 Å². The van der Waals surface area contributed by atoms with Crippen molar-refractivity contribution in [3.8, 4) is 0 Å². The molecule has 1 aliphatic heterocycles. The van der Waals surface area contributed by atoms with Gasteiger partial charge in [0.2, 0.25) is 0 Å². The molecule has 0 amide bonds. The maximum absolute atomic E-state index is 6.05. The second-order valence-corrected chi connectivity index (χ2v) is 5.71. The summed E-state index contributed by atoms with van der Waals surface area (Å²) in [4.78, 5) is 2.44. The molecule has 1 heterocycles. The van der Waals surface area contributed by atoms with E-state index in [1.807, 2.05) is 6.07 Å². The molecule has 0 atom stereocenters. The maximum atomic E-state index is 6.05. The van der Waals surface area contributed by atoms with Crippen LogP contribution in [0.2, 0.25) is 5.02 Å². The molecule has 2 nitrogen and oxygen atoms in total. The van der Waals surface area contributed by atoms with Crippen LogP contribution < -0.4 is 10.2 Å². The Morgan fingerprint density at radius 2 is 2.06 bits per heavy atom. The highest BCUT2D eigenvalue weighted by Crippen LogP contribution is 2.30. The summed E-state index contributed by atoms with van der Waals surface area (Å²) in [6.07, 6.45) is 0. The third-order valence-electron chi connectivity index (χ3n) is 2.97. The summed E-state index contributed by atoms with van der Waals surface area (Å²) in [5, 5.41) is 4.25. The molecule has 2 rings (SSSR count). The Bertz CT molecular complexity index is 382. The molecule has 16 heavy (non-hydrogen) atoms. The average Bonchev–Trinajstić information content (AvgIpc) is 2.38.